The molecule has 0 aliphatic rings. The molecule has 0 atom stereocenters. The van der Waals surface area contributed by atoms with Crippen molar-refractivity contribution in [3.8, 4) is 5.82 Å². The normalized spacial score (nSPS) is 12.1. The number of nitrogens with zero attached hydrogens (tertiary/aromatic N) is 4. The minimum atomic E-state index is -4.36. The summed E-state index contributed by atoms with van der Waals surface area (Å²) in [6.45, 7) is 0.692. The SMILES string of the molecule is CN=C(NCc1cccc(C(F)(F)F)c1)NCc1ccnc(-n2cccn2)c1. The number of aliphatic imine (C=N–C) groups is 1. The van der Waals surface area contributed by atoms with Crippen molar-refractivity contribution >= 4 is 5.96 Å². The van der Waals surface area contributed by atoms with Crippen molar-refractivity contribution in [3.63, 3.8) is 0 Å². The summed E-state index contributed by atoms with van der Waals surface area (Å²) in [4.78, 5) is 8.37. The zero-order valence-electron chi connectivity index (χ0n) is 15.1. The molecular formula is C19H19F3N6. The maximum atomic E-state index is 12.8. The first-order chi connectivity index (χ1) is 13.5. The number of aromatic nitrogens is 3. The highest BCUT2D eigenvalue weighted by molar-refractivity contribution is 5.79. The van der Waals surface area contributed by atoms with E-state index in [0.29, 0.717) is 23.9 Å². The zero-order valence-corrected chi connectivity index (χ0v) is 15.1. The van der Waals surface area contributed by atoms with Gasteiger partial charge in [0.1, 0.15) is 0 Å². The van der Waals surface area contributed by atoms with E-state index in [-0.39, 0.29) is 6.54 Å². The smallest absolute Gasteiger partial charge is 0.352 e. The number of guanidine groups is 1. The van der Waals surface area contributed by atoms with Crippen LogP contribution in [0.5, 0.6) is 0 Å². The Balaban J connectivity index is 1.58. The fourth-order valence-electron chi connectivity index (χ4n) is 2.55. The van der Waals surface area contributed by atoms with Crippen LogP contribution in [0.4, 0.5) is 13.2 Å². The van der Waals surface area contributed by atoms with Gasteiger partial charge < -0.3 is 10.6 Å². The lowest BCUT2D eigenvalue weighted by Crippen LogP contribution is -2.36. The Morgan fingerprint density at radius 3 is 2.43 bits per heavy atom. The maximum absolute atomic E-state index is 12.8. The van der Waals surface area contributed by atoms with Gasteiger partial charge in [-0.1, -0.05) is 12.1 Å². The van der Waals surface area contributed by atoms with Gasteiger partial charge >= 0.3 is 6.18 Å². The molecule has 2 N–H and O–H groups in total. The van der Waals surface area contributed by atoms with Gasteiger partial charge in [-0.15, -0.1) is 0 Å². The van der Waals surface area contributed by atoms with Crippen molar-refractivity contribution < 1.29 is 13.2 Å². The predicted octanol–water partition coefficient (Wildman–Crippen LogP) is 3.15. The van der Waals surface area contributed by atoms with Crippen LogP contribution in [-0.2, 0) is 19.3 Å². The van der Waals surface area contributed by atoms with E-state index in [2.05, 4.69) is 25.7 Å². The molecule has 0 fully saturated rings. The molecule has 0 spiro atoms. The molecule has 0 aliphatic carbocycles. The fraction of sp³-hybridized carbons (Fsp3) is 0.211. The number of nitrogens with one attached hydrogen (secondary N) is 2. The van der Waals surface area contributed by atoms with Crippen molar-refractivity contribution in [3.05, 3.63) is 77.7 Å². The summed E-state index contributed by atoms with van der Waals surface area (Å²) in [5.74, 6) is 1.17. The molecule has 0 saturated carbocycles. The van der Waals surface area contributed by atoms with Gasteiger partial charge in [-0.05, 0) is 41.5 Å². The fourth-order valence-corrected chi connectivity index (χ4v) is 2.55. The molecule has 0 amide bonds. The van der Waals surface area contributed by atoms with Crippen molar-refractivity contribution in [1.29, 1.82) is 0 Å². The molecule has 0 unspecified atom stereocenters. The van der Waals surface area contributed by atoms with Crippen molar-refractivity contribution in [2.75, 3.05) is 7.05 Å². The van der Waals surface area contributed by atoms with E-state index >= 15 is 0 Å². The van der Waals surface area contributed by atoms with E-state index in [9.17, 15) is 13.2 Å². The van der Waals surface area contributed by atoms with Crippen LogP contribution >= 0.6 is 0 Å². The van der Waals surface area contributed by atoms with Gasteiger partial charge in [-0.2, -0.15) is 18.3 Å². The highest BCUT2D eigenvalue weighted by atomic mass is 19.4. The summed E-state index contributed by atoms with van der Waals surface area (Å²) >= 11 is 0. The summed E-state index contributed by atoms with van der Waals surface area (Å²) < 4.78 is 40.1. The maximum Gasteiger partial charge on any atom is 0.416 e. The molecule has 2 heterocycles. The molecular weight excluding hydrogens is 369 g/mol. The Labute approximate surface area is 160 Å². The molecule has 0 bridgehead atoms. The van der Waals surface area contributed by atoms with Crippen LogP contribution in [-0.4, -0.2) is 27.8 Å². The Morgan fingerprint density at radius 1 is 1.04 bits per heavy atom. The molecule has 146 valence electrons. The standard InChI is InChI=1S/C19H19F3N6/c1-23-18(25-12-14-4-2-5-16(10-14)19(20,21)22)26-13-15-6-8-24-17(11-15)28-9-3-7-27-28/h2-11H,12-13H2,1H3,(H2,23,25,26). The lowest BCUT2D eigenvalue weighted by atomic mass is 10.1. The predicted molar refractivity (Wildman–Crippen MR) is 99.8 cm³/mol. The number of halogens is 3. The van der Waals surface area contributed by atoms with Gasteiger partial charge in [0.15, 0.2) is 11.8 Å². The lowest BCUT2D eigenvalue weighted by Gasteiger charge is -2.13. The van der Waals surface area contributed by atoms with Gasteiger partial charge in [0.05, 0.1) is 5.56 Å². The zero-order chi connectivity index (χ0) is 20.0. The molecule has 28 heavy (non-hydrogen) atoms. The highest BCUT2D eigenvalue weighted by Crippen LogP contribution is 2.29. The number of alkyl halides is 3. The summed E-state index contributed by atoms with van der Waals surface area (Å²) in [7, 11) is 1.60. The van der Waals surface area contributed by atoms with Crippen LogP contribution in [0.25, 0.3) is 5.82 Å². The second-order valence-electron chi connectivity index (χ2n) is 5.95. The molecule has 0 radical (unpaired) electrons. The Morgan fingerprint density at radius 2 is 1.79 bits per heavy atom. The topological polar surface area (TPSA) is 67.1 Å². The van der Waals surface area contributed by atoms with Gasteiger partial charge in [0.2, 0.25) is 0 Å². The number of hydrogen-bond donors (Lipinski definition) is 2. The van der Waals surface area contributed by atoms with Gasteiger partial charge in [-0.25, -0.2) is 9.67 Å². The van der Waals surface area contributed by atoms with Gasteiger partial charge in [-0.3, -0.25) is 4.99 Å². The highest BCUT2D eigenvalue weighted by Gasteiger charge is 2.30. The second-order valence-corrected chi connectivity index (χ2v) is 5.95. The molecule has 3 aromatic rings. The first-order valence-corrected chi connectivity index (χ1v) is 8.51. The number of rotatable bonds is 5. The Kier molecular flexibility index (Phi) is 5.93. The van der Waals surface area contributed by atoms with Crippen LogP contribution in [0.1, 0.15) is 16.7 Å². The molecule has 6 nitrogen and oxygen atoms in total. The third kappa shape index (κ3) is 5.09. The first kappa shape index (κ1) is 19.4. The van der Waals surface area contributed by atoms with E-state index < -0.39 is 11.7 Å². The molecule has 1 aromatic carbocycles. The second kappa shape index (κ2) is 8.55. The summed E-state index contributed by atoms with van der Waals surface area (Å²) in [5, 5.41) is 10.3. The average molecular weight is 388 g/mol. The largest absolute Gasteiger partial charge is 0.416 e. The van der Waals surface area contributed by atoms with Crippen LogP contribution in [0, 0.1) is 0 Å². The molecule has 9 heteroatoms. The lowest BCUT2D eigenvalue weighted by molar-refractivity contribution is -0.137. The molecule has 0 saturated heterocycles. The quantitative estimate of drug-likeness (QED) is 0.521. The number of pyridine rings is 1. The Hall–Kier alpha value is -3.36. The Bertz CT molecular complexity index is 935. The molecule has 3 rings (SSSR count). The van der Waals surface area contributed by atoms with Gasteiger partial charge in [0.25, 0.3) is 0 Å². The molecule has 2 aromatic heterocycles. The van der Waals surface area contributed by atoms with Crippen LogP contribution < -0.4 is 10.6 Å². The number of benzene rings is 1. The summed E-state index contributed by atoms with van der Waals surface area (Å²) in [6.07, 6.45) is 0.803. The number of hydrogen-bond acceptors (Lipinski definition) is 3. The van der Waals surface area contributed by atoms with E-state index in [1.807, 2.05) is 18.2 Å². The van der Waals surface area contributed by atoms with Crippen LogP contribution in [0.15, 0.2) is 66.0 Å². The van der Waals surface area contributed by atoms with E-state index in [0.717, 1.165) is 17.7 Å². The molecule has 0 aliphatic heterocycles. The van der Waals surface area contributed by atoms with E-state index in [1.54, 1.807) is 36.4 Å². The minimum Gasteiger partial charge on any atom is -0.352 e. The third-order valence-corrected chi connectivity index (χ3v) is 3.95. The van der Waals surface area contributed by atoms with Crippen molar-refractivity contribution in [2.24, 2.45) is 4.99 Å². The summed E-state index contributed by atoms with van der Waals surface area (Å²) in [6, 6.07) is 10.8. The average Bonchev–Trinajstić information content (AvgIpc) is 3.23. The van der Waals surface area contributed by atoms with Crippen LogP contribution in [0.3, 0.4) is 0 Å². The van der Waals surface area contributed by atoms with E-state index in [1.165, 1.54) is 6.07 Å². The first-order valence-electron chi connectivity index (χ1n) is 8.51. The van der Waals surface area contributed by atoms with E-state index in [4.69, 9.17) is 0 Å². The van der Waals surface area contributed by atoms with Gasteiger partial charge in [0, 0.05) is 38.7 Å². The minimum absolute atomic E-state index is 0.221. The van der Waals surface area contributed by atoms with Crippen molar-refractivity contribution in [1.82, 2.24) is 25.4 Å². The van der Waals surface area contributed by atoms with Crippen LogP contribution in [0.2, 0.25) is 0 Å². The monoisotopic (exact) mass is 388 g/mol. The summed E-state index contributed by atoms with van der Waals surface area (Å²) in [5.41, 5.74) is 0.808. The van der Waals surface area contributed by atoms with Crippen molar-refractivity contribution in [2.45, 2.75) is 19.3 Å². The third-order valence-electron chi connectivity index (χ3n) is 3.95.